The van der Waals surface area contributed by atoms with Crippen LogP contribution >= 0.6 is 23.2 Å². The predicted molar refractivity (Wildman–Crippen MR) is 86.3 cm³/mol. The zero-order valence-corrected chi connectivity index (χ0v) is 14.4. The van der Waals surface area contributed by atoms with Crippen molar-refractivity contribution in [1.82, 2.24) is 19.7 Å². The highest BCUT2D eigenvalue weighted by Crippen LogP contribution is 2.34. The third-order valence-electron chi connectivity index (χ3n) is 3.20. The van der Waals surface area contributed by atoms with Crippen molar-refractivity contribution in [2.75, 3.05) is 0 Å². The summed E-state index contributed by atoms with van der Waals surface area (Å²) in [6.45, 7) is 0. The Morgan fingerprint density at radius 2 is 1.73 bits per heavy atom. The van der Waals surface area contributed by atoms with Crippen molar-refractivity contribution < 1.29 is 22.3 Å². The first-order chi connectivity index (χ1) is 12.1. The van der Waals surface area contributed by atoms with Gasteiger partial charge in [-0.05, 0) is 12.1 Å². The lowest BCUT2D eigenvalue weighted by atomic mass is 10.2. The Kier molecular flexibility index (Phi) is 4.76. The van der Waals surface area contributed by atoms with Crippen LogP contribution in [0.25, 0.3) is 22.8 Å². The van der Waals surface area contributed by atoms with Gasteiger partial charge < -0.3 is 4.74 Å². The maximum atomic E-state index is 13.7. The van der Waals surface area contributed by atoms with Crippen molar-refractivity contribution in [2.45, 2.75) is 6.36 Å². The van der Waals surface area contributed by atoms with Gasteiger partial charge in [0.2, 0.25) is 0 Å². The summed E-state index contributed by atoms with van der Waals surface area (Å²) >= 11 is 12.2. The minimum atomic E-state index is -4.95. The zero-order valence-electron chi connectivity index (χ0n) is 12.9. The molecule has 0 aliphatic heterocycles. The molecule has 1 aromatic carbocycles. The molecule has 0 bridgehead atoms. The van der Waals surface area contributed by atoms with Gasteiger partial charge in [-0.2, -0.15) is 5.10 Å². The average Bonchev–Trinajstić information content (AvgIpc) is 2.87. The molecule has 3 aromatic rings. The number of ether oxygens (including phenoxy) is 1. The molecule has 26 heavy (non-hydrogen) atoms. The van der Waals surface area contributed by atoms with E-state index in [1.54, 1.807) is 0 Å². The van der Waals surface area contributed by atoms with Crippen LogP contribution in [-0.4, -0.2) is 26.1 Å². The summed E-state index contributed by atoms with van der Waals surface area (Å²) in [5, 5.41) is 4.50. The van der Waals surface area contributed by atoms with E-state index in [0.29, 0.717) is 11.6 Å². The van der Waals surface area contributed by atoms with E-state index in [-0.39, 0.29) is 27.3 Å². The molecule has 0 saturated carbocycles. The van der Waals surface area contributed by atoms with Crippen LogP contribution in [-0.2, 0) is 7.05 Å². The van der Waals surface area contributed by atoms with Gasteiger partial charge in [-0.3, -0.25) is 4.98 Å². The smallest absolute Gasteiger partial charge is 0.406 e. The molecule has 136 valence electrons. The lowest BCUT2D eigenvalue weighted by Crippen LogP contribution is -2.17. The van der Waals surface area contributed by atoms with Crippen molar-refractivity contribution in [3.8, 4) is 28.5 Å². The van der Waals surface area contributed by atoms with Crippen LogP contribution in [0.1, 0.15) is 0 Å². The van der Waals surface area contributed by atoms with Gasteiger partial charge in [0.15, 0.2) is 11.6 Å². The fourth-order valence-corrected chi connectivity index (χ4v) is 2.77. The van der Waals surface area contributed by atoms with E-state index in [0.717, 1.165) is 12.1 Å². The summed E-state index contributed by atoms with van der Waals surface area (Å²) in [5.41, 5.74) is 0.333. The SMILES string of the molecule is Cn1nc(-c2cc(F)cc(OC(F)(F)F)c2)nc1-c1c(Cl)cncc1Cl. The number of pyridine rings is 1. The quantitative estimate of drug-likeness (QED) is 0.581. The van der Waals surface area contributed by atoms with Gasteiger partial charge in [0.25, 0.3) is 0 Å². The Morgan fingerprint density at radius 1 is 1.08 bits per heavy atom. The maximum Gasteiger partial charge on any atom is 0.573 e. The summed E-state index contributed by atoms with van der Waals surface area (Å²) in [6.07, 6.45) is -2.24. The van der Waals surface area contributed by atoms with Crippen LogP contribution in [0.2, 0.25) is 10.0 Å². The van der Waals surface area contributed by atoms with Crippen LogP contribution in [0.3, 0.4) is 0 Å². The predicted octanol–water partition coefficient (Wildman–Crippen LogP) is 4.89. The van der Waals surface area contributed by atoms with Crippen molar-refractivity contribution in [2.24, 2.45) is 7.05 Å². The van der Waals surface area contributed by atoms with Crippen LogP contribution in [0, 0.1) is 5.82 Å². The summed E-state index contributed by atoms with van der Waals surface area (Å²) < 4.78 is 55.9. The summed E-state index contributed by atoms with van der Waals surface area (Å²) in [4.78, 5) is 8.03. The standard InChI is InChI=1S/C15H8Cl2F4N4O/c1-25-14(12-10(16)5-22-6-11(12)17)23-13(24-25)7-2-8(18)4-9(3-7)26-15(19,20)21/h2-6H,1H3. The molecule has 0 aliphatic rings. The monoisotopic (exact) mass is 406 g/mol. The van der Waals surface area contributed by atoms with Crippen LogP contribution < -0.4 is 4.74 Å². The highest BCUT2D eigenvalue weighted by molar-refractivity contribution is 6.38. The highest BCUT2D eigenvalue weighted by Gasteiger charge is 2.31. The fourth-order valence-electron chi connectivity index (χ4n) is 2.23. The normalized spacial score (nSPS) is 11.7. The molecule has 2 aromatic heterocycles. The molecular formula is C15H8Cl2F4N4O. The van der Waals surface area contributed by atoms with Gasteiger partial charge in [0, 0.05) is 31.1 Å². The molecule has 3 rings (SSSR count). The highest BCUT2D eigenvalue weighted by atomic mass is 35.5. The number of aryl methyl sites for hydroxylation is 1. The molecule has 11 heteroatoms. The second-order valence-electron chi connectivity index (χ2n) is 5.08. The average molecular weight is 407 g/mol. The zero-order chi connectivity index (χ0) is 19.1. The Morgan fingerprint density at radius 3 is 2.35 bits per heavy atom. The minimum absolute atomic E-state index is 0.00704. The van der Waals surface area contributed by atoms with Gasteiger partial charge >= 0.3 is 6.36 Å². The van der Waals surface area contributed by atoms with E-state index in [1.807, 2.05) is 0 Å². The first-order valence-electron chi connectivity index (χ1n) is 6.91. The van der Waals surface area contributed by atoms with Crippen LogP contribution in [0.4, 0.5) is 17.6 Å². The molecule has 0 amide bonds. The Balaban J connectivity index is 2.07. The molecule has 0 radical (unpaired) electrons. The number of halogens is 6. The second-order valence-corrected chi connectivity index (χ2v) is 5.90. The van der Waals surface area contributed by atoms with Gasteiger partial charge in [-0.1, -0.05) is 23.2 Å². The Labute approximate surface area is 154 Å². The van der Waals surface area contributed by atoms with E-state index < -0.39 is 17.9 Å². The molecule has 5 nitrogen and oxygen atoms in total. The second kappa shape index (κ2) is 6.73. The van der Waals surface area contributed by atoms with Crippen molar-refractivity contribution in [1.29, 1.82) is 0 Å². The molecule has 0 fully saturated rings. The van der Waals surface area contributed by atoms with E-state index in [2.05, 4.69) is 19.8 Å². The topological polar surface area (TPSA) is 52.8 Å². The summed E-state index contributed by atoms with van der Waals surface area (Å²) in [6, 6.07) is 2.57. The van der Waals surface area contributed by atoms with Gasteiger partial charge in [0.1, 0.15) is 11.6 Å². The first-order valence-corrected chi connectivity index (χ1v) is 7.67. The number of alkyl halides is 3. The van der Waals surface area contributed by atoms with Gasteiger partial charge in [0.05, 0.1) is 15.6 Å². The molecule has 0 saturated heterocycles. The minimum Gasteiger partial charge on any atom is -0.406 e. The molecule has 0 unspecified atom stereocenters. The molecular weight excluding hydrogens is 399 g/mol. The van der Waals surface area contributed by atoms with Gasteiger partial charge in [-0.15, -0.1) is 13.2 Å². The summed E-state index contributed by atoms with van der Waals surface area (Å²) in [7, 11) is 1.53. The molecule has 0 atom stereocenters. The third-order valence-corrected chi connectivity index (χ3v) is 3.78. The van der Waals surface area contributed by atoms with Crippen LogP contribution in [0.5, 0.6) is 5.75 Å². The van der Waals surface area contributed by atoms with E-state index in [4.69, 9.17) is 23.2 Å². The number of rotatable bonds is 3. The number of hydrogen-bond donors (Lipinski definition) is 0. The van der Waals surface area contributed by atoms with Crippen LogP contribution in [0.15, 0.2) is 30.6 Å². The number of nitrogens with zero attached hydrogens (tertiary/aromatic N) is 4. The number of hydrogen-bond acceptors (Lipinski definition) is 4. The fraction of sp³-hybridized carbons (Fsp3) is 0.133. The Hall–Kier alpha value is -2.39. The Bertz CT molecular complexity index is 955. The molecule has 0 aliphatic carbocycles. The molecule has 0 spiro atoms. The largest absolute Gasteiger partial charge is 0.573 e. The van der Waals surface area contributed by atoms with E-state index in [1.165, 1.54) is 24.1 Å². The number of aromatic nitrogens is 4. The van der Waals surface area contributed by atoms with E-state index >= 15 is 0 Å². The van der Waals surface area contributed by atoms with Crippen molar-refractivity contribution in [3.05, 3.63) is 46.5 Å². The third kappa shape index (κ3) is 3.88. The molecule has 2 heterocycles. The van der Waals surface area contributed by atoms with E-state index in [9.17, 15) is 17.6 Å². The van der Waals surface area contributed by atoms with Gasteiger partial charge in [-0.25, -0.2) is 14.1 Å². The summed E-state index contributed by atoms with van der Waals surface area (Å²) in [5.74, 6) is -1.45. The van der Waals surface area contributed by atoms with Crippen molar-refractivity contribution >= 4 is 23.2 Å². The lowest BCUT2D eigenvalue weighted by molar-refractivity contribution is -0.274. The van der Waals surface area contributed by atoms with Crippen molar-refractivity contribution in [3.63, 3.8) is 0 Å². The maximum absolute atomic E-state index is 13.7. The number of benzene rings is 1. The lowest BCUT2D eigenvalue weighted by Gasteiger charge is -2.09. The molecule has 0 N–H and O–H groups in total. The first kappa shape index (κ1) is 18.4.